The van der Waals surface area contributed by atoms with Gasteiger partial charge in [0.1, 0.15) is 5.54 Å². The van der Waals surface area contributed by atoms with Gasteiger partial charge in [0.25, 0.3) is 5.91 Å². The zero-order valence-electron chi connectivity index (χ0n) is 10.8. The Morgan fingerprint density at radius 1 is 1.41 bits per heavy atom. The molecule has 3 amide bonds. The summed E-state index contributed by atoms with van der Waals surface area (Å²) in [4.78, 5) is 27.3. The van der Waals surface area contributed by atoms with Crippen LogP contribution in [0.15, 0.2) is 0 Å². The molecule has 0 atom stereocenters. The Hall–Kier alpha value is -1.10. The second-order valence-electron chi connectivity index (χ2n) is 5.37. The summed E-state index contributed by atoms with van der Waals surface area (Å²) in [6.45, 7) is 7.87. The van der Waals surface area contributed by atoms with Crippen molar-refractivity contribution in [2.75, 3.05) is 19.6 Å². The van der Waals surface area contributed by atoms with Crippen LogP contribution in [-0.2, 0) is 4.79 Å². The summed E-state index contributed by atoms with van der Waals surface area (Å²) in [5, 5.41) is 2.70. The Balaban J connectivity index is 1.90. The lowest BCUT2D eigenvalue weighted by atomic mass is 10.1. The minimum Gasteiger partial charge on any atom is -0.324 e. The lowest BCUT2D eigenvalue weighted by molar-refractivity contribution is -0.130. The lowest BCUT2D eigenvalue weighted by Gasteiger charge is -2.23. The van der Waals surface area contributed by atoms with E-state index in [4.69, 9.17) is 0 Å². The number of carbonyl (C=O) groups is 2. The maximum atomic E-state index is 11.9. The number of imide groups is 1. The van der Waals surface area contributed by atoms with Crippen molar-refractivity contribution in [1.29, 1.82) is 0 Å². The van der Waals surface area contributed by atoms with Crippen molar-refractivity contribution >= 4 is 11.9 Å². The van der Waals surface area contributed by atoms with E-state index >= 15 is 0 Å². The Bertz CT molecular complexity index is 337. The van der Waals surface area contributed by atoms with Crippen molar-refractivity contribution < 1.29 is 9.59 Å². The van der Waals surface area contributed by atoms with Gasteiger partial charge in [-0.3, -0.25) is 14.6 Å². The molecule has 1 saturated heterocycles. The summed E-state index contributed by atoms with van der Waals surface area (Å²) in [5.41, 5.74) is -0.742. The minimum absolute atomic E-state index is 0.116. The highest BCUT2D eigenvalue weighted by atomic mass is 16.2. The normalized spacial score (nSPS) is 23.4. The van der Waals surface area contributed by atoms with Crippen molar-refractivity contribution in [3.8, 4) is 0 Å². The molecule has 0 radical (unpaired) electrons. The van der Waals surface area contributed by atoms with Crippen LogP contribution in [0.25, 0.3) is 0 Å². The molecule has 0 aromatic heterocycles. The maximum absolute atomic E-state index is 11.9. The van der Waals surface area contributed by atoms with Gasteiger partial charge >= 0.3 is 6.03 Å². The SMILES string of the molecule is CCN(CCN1C(=O)NC(C)(C)C1=O)C1CC1. The van der Waals surface area contributed by atoms with Gasteiger partial charge in [0.05, 0.1) is 0 Å². The van der Waals surface area contributed by atoms with Gasteiger partial charge in [-0.1, -0.05) is 6.92 Å². The number of hydrogen-bond donors (Lipinski definition) is 1. The first-order chi connectivity index (χ1) is 7.95. The number of nitrogens with zero attached hydrogens (tertiary/aromatic N) is 2. The van der Waals surface area contributed by atoms with E-state index in [0.29, 0.717) is 12.6 Å². The van der Waals surface area contributed by atoms with Crippen LogP contribution >= 0.6 is 0 Å². The van der Waals surface area contributed by atoms with Gasteiger partial charge in [0, 0.05) is 19.1 Å². The van der Waals surface area contributed by atoms with E-state index in [1.165, 1.54) is 17.7 Å². The molecule has 0 unspecified atom stereocenters. The maximum Gasteiger partial charge on any atom is 0.325 e. The number of rotatable bonds is 5. The third-order valence-corrected chi connectivity index (χ3v) is 3.52. The molecule has 17 heavy (non-hydrogen) atoms. The topological polar surface area (TPSA) is 52.6 Å². The fourth-order valence-corrected chi connectivity index (χ4v) is 2.29. The molecule has 0 aromatic rings. The van der Waals surface area contributed by atoms with E-state index in [-0.39, 0.29) is 11.9 Å². The Kier molecular flexibility index (Phi) is 3.12. The molecule has 1 N–H and O–H groups in total. The van der Waals surface area contributed by atoms with Crippen LogP contribution in [0.5, 0.6) is 0 Å². The monoisotopic (exact) mass is 239 g/mol. The molecule has 5 heteroatoms. The van der Waals surface area contributed by atoms with E-state index < -0.39 is 5.54 Å². The van der Waals surface area contributed by atoms with Crippen LogP contribution in [-0.4, -0.2) is 53.0 Å². The molecule has 0 spiro atoms. The predicted molar refractivity (Wildman–Crippen MR) is 64.6 cm³/mol. The average Bonchev–Trinajstić information content (AvgIpc) is 3.03. The molecule has 1 aliphatic heterocycles. The Labute approximate surface area is 102 Å². The summed E-state index contributed by atoms with van der Waals surface area (Å²) >= 11 is 0. The van der Waals surface area contributed by atoms with E-state index in [0.717, 1.165) is 13.1 Å². The third kappa shape index (κ3) is 2.44. The molecule has 2 fully saturated rings. The molecule has 0 aromatic carbocycles. The van der Waals surface area contributed by atoms with Crippen molar-refractivity contribution in [2.24, 2.45) is 0 Å². The van der Waals surface area contributed by atoms with Gasteiger partial charge in [-0.15, -0.1) is 0 Å². The average molecular weight is 239 g/mol. The summed E-state index contributed by atoms with van der Waals surface area (Å²) in [5.74, 6) is -0.116. The van der Waals surface area contributed by atoms with Crippen LogP contribution in [0.3, 0.4) is 0 Å². The van der Waals surface area contributed by atoms with Crippen LogP contribution in [0.1, 0.15) is 33.6 Å². The minimum atomic E-state index is -0.742. The second kappa shape index (κ2) is 4.29. The zero-order valence-corrected chi connectivity index (χ0v) is 10.8. The molecule has 2 aliphatic rings. The van der Waals surface area contributed by atoms with Gasteiger partial charge < -0.3 is 5.32 Å². The zero-order chi connectivity index (χ0) is 12.6. The highest BCUT2D eigenvalue weighted by molar-refractivity contribution is 6.06. The molecular formula is C12H21N3O2. The van der Waals surface area contributed by atoms with Crippen LogP contribution in [0, 0.1) is 0 Å². The standard InChI is InChI=1S/C12H21N3O2/c1-4-14(9-5-6-9)7-8-15-10(16)12(2,3)13-11(15)17/h9H,4-8H2,1-3H3,(H,13,17). The summed E-state index contributed by atoms with van der Waals surface area (Å²) in [6, 6.07) is 0.417. The van der Waals surface area contributed by atoms with Crippen molar-refractivity contribution in [3.63, 3.8) is 0 Å². The number of nitrogens with one attached hydrogen (secondary N) is 1. The van der Waals surface area contributed by atoms with Crippen molar-refractivity contribution in [1.82, 2.24) is 15.1 Å². The van der Waals surface area contributed by atoms with Gasteiger partial charge in [-0.2, -0.15) is 0 Å². The van der Waals surface area contributed by atoms with Gasteiger partial charge in [0.15, 0.2) is 0 Å². The summed E-state index contributed by atoms with van der Waals surface area (Å²) in [7, 11) is 0. The molecule has 1 saturated carbocycles. The molecule has 96 valence electrons. The number of amides is 3. The number of carbonyl (C=O) groups excluding carboxylic acids is 2. The number of hydrogen-bond acceptors (Lipinski definition) is 3. The quantitative estimate of drug-likeness (QED) is 0.722. The number of urea groups is 1. The van der Waals surface area contributed by atoms with E-state index in [1.807, 2.05) is 0 Å². The fraction of sp³-hybridized carbons (Fsp3) is 0.833. The smallest absolute Gasteiger partial charge is 0.324 e. The van der Waals surface area contributed by atoms with Crippen LogP contribution in [0.4, 0.5) is 4.79 Å². The largest absolute Gasteiger partial charge is 0.325 e. The molecular weight excluding hydrogens is 218 g/mol. The summed E-state index contributed by atoms with van der Waals surface area (Å²) in [6.07, 6.45) is 2.50. The first kappa shape index (κ1) is 12.4. The summed E-state index contributed by atoms with van der Waals surface area (Å²) < 4.78 is 0. The van der Waals surface area contributed by atoms with Crippen molar-refractivity contribution in [2.45, 2.75) is 45.2 Å². The predicted octanol–water partition coefficient (Wildman–Crippen LogP) is 0.801. The second-order valence-corrected chi connectivity index (χ2v) is 5.37. The lowest BCUT2D eigenvalue weighted by Crippen LogP contribution is -2.42. The van der Waals surface area contributed by atoms with Gasteiger partial charge in [0.2, 0.25) is 0 Å². The molecule has 5 nitrogen and oxygen atoms in total. The van der Waals surface area contributed by atoms with Crippen LogP contribution < -0.4 is 5.32 Å². The highest BCUT2D eigenvalue weighted by Crippen LogP contribution is 2.26. The van der Waals surface area contributed by atoms with E-state index in [1.54, 1.807) is 13.8 Å². The van der Waals surface area contributed by atoms with Gasteiger partial charge in [-0.25, -0.2) is 4.79 Å². The molecule has 1 heterocycles. The fourth-order valence-electron chi connectivity index (χ4n) is 2.29. The molecule has 0 bridgehead atoms. The highest BCUT2D eigenvalue weighted by Gasteiger charge is 2.44. The first-order valence-electron chi connectivity index (χ1n) is 6.34. The Morgan fingerprint density at radius 3 is 2.47 bits per heavy atom. The third-order valence-electron chi connectivity index (χ3n) is 3.52. The van der Waals surface area contributed by atoms with Crippen molar-refractivity contribution in [3.05, 3.63) is 0 Å². The molecule has 2 rings (SSSR count). The molecule has 1 aliphatic carbocycles. The first-order valence-corrected chi connectivity index (χ1v) is 6.34. The Morgan fingerprint density at radius 2 is 2.06 bits per heavy atom. The van der Waals surface area contributed by atoms with Crippen LogP contribution in [0.2, 0.25) is 0 Å². The van der Waals surface area contributed by atoms with E-state index in [2.05, 4.69) is 17.1 Å². The van der Waals surface area contributed by atoms with E-state index in [9.17, 15) is 9.59 Å². The van der Waals surface area contributed by atoms with Gasteiger partial charge in [-0.05, 0) is 33.2 Å². The number of likely N-dealkylation sites (N-methyl/N-ethyl adjacent to an activating group) is 1.